The van der Waals surface area contributed by atoms with Gasteiger partial charge in [0.05, 0.1) is 21.9 Å². The third kappa shape index (κ3) is 3.80. The molecule has 1 aromatic carbocycles. The van der Waals surface area contributed by atoms with E-state index in [4.69, 9.17) is 9.72 Å². The van der Waals surface area contributed by atoms with Crippen LogP contribution in [-0.4, -0.2) is 32.7 Å². The molecule has 0 aliphatic carbocycles. The minimum Gasteiger partial charge on any atom is -0.381 e. The fourth-order valence-corrected chi connectivity index (χ4v) is 5.90. The Morgan fingerprint density at radius 2 is 2.07 bits per heavy atom. The molecule has 2 aliphatic rings. The quantitative estimate of drug-likeness (QED) is 0.783. The Bertz CT molecular complexity index is 995. The number of unbranched alkanes of at least 4 members (excludes halogenated alkanes) is 1. The van der Waals surface area contributed by atoms with E-state index < -0.39 is 11.0 Å². The molecule has 0 radical (unpaired) electrons. The molecular formula is C22H31N3O3S. The molecule has 1 aromatic heterocycles. The zero-order valence-corrected chi connectivity index (χ0v) is 18.4. The lowest BCUT2D eigenvalue weighted by atomic mass is 9.78. The third-order valence-electron chi connectivity index (χ3n) is 6.43. The molecular weight excluding hydrogens is 386 g/mol. The van der Waals surface area contributed by atoms with Gasteiger partial charge in [0.2, 0.25) is 0 Å². The number of hydrogen-bond acceptors (Lipinski definition) is 4. The maximum atomic E-state index is 13.3. The van der Waals surface area contributed by atoms with Crippen LogP contribution in [0.2, 0.25) is 0 Å². The molecule has 1 fully saturated rings. The second-order valence-electron chi connectivity index (χ2n) is 8.53. The number of rotatable bonds is 6. The molecule has 0 amide bonds. The fourth-order valence-electron chi connectivity index (χ4n) is 4.71. The number of hydrogen-bond donors (Lipinski definition) is 1. The molecule has 0 saturated carbocycles. The Morgan fingerprint density at radius 3 is 2.79 bits per heavy atom. The van der Waals surface area contributed by atoms with Gasteiger partial charge in [-0.3, -0.25) is 9.36 Å². The van der Waals surface area contributed by atoms with Crippen LogP contribution >= 0.6 is 0 Å². The maximum Gasteiger partial charge on any atom is 0.261 e. The highest BCUT2D eigenvalue weighted by atomic mass is 32.2. The minimum atomic E-state index is -1.09. The second kappa shape index (κ2) is 8.28. The highest BCUT2D eigenvalue weighted by Crippen LogP contribution is 2.42. The Kier molecular flexibility index (Phi) is 5.91. The average molecular weight is 418 g/mol. The normalized spacial score (nSPS) is 20.1. The smallest absolute Gasteiger partial charge is 0.261 e. The molecule has 2 aromatic rings. The van der Waals surface area contributed by atoms with Crippen LogP contribution in [-0.2, 0) is 27.7 Å². The zero-order valence-electron chi connectivity index (χ0n) is 17.6. The molecule has 29 heavy (non-hydrogen) atoms. The van der Waals surface area contributed by atoms with Gasteiger partial charge >= 0.3 is 0 Å². The zero-order chi connectivity index (χ0) is 20.6. The van der Waals surface area contributed by atoms with E-state index in [0.29, 0.717) is 11.1 Å². The van der Waals surface area contributed by atoms with Crippen molar-refractivity contribution in [3.05, 3.63) is 39.4 Å². The first-order valence-corrected chi connectivity index (χ1v) is 12.0. The van der Waals surface area contributed by atoms with Gasteiger partial charge in [-0.05, 0) is 56.7 Å². The summed E-state index contributed by atoms with van der Waals surface area (Å²) in [5, 5.41) is 0.667. The molecule has 1 unspecified atom stereocenters. The van der Waals surface area contributed by atoms with Gasteiger partial charge in [0.15, 0.2) is 0 Å². The van der Waals surface area contributed by atoms with Crippen molar-refractivity contribution in [2.24, 2.45) is 0 Å². The molecule has 1 saturated heterocycles. The van der Waals surface area contributed by atoms with Gasteiger partial charge in [0.25, 0.3) is 5.56 Å². The van der Waals surface area contributed by atoms with Crippen LogP contribution in [0.5, 0.6) is 0 Å². The predicted molar refractivity (Wildman–Crippen MR) is 117 cm³/mol. The van der Waals surface area contributed by atoms with Crippen molar-refractivity contribution < 1.29 is 8.95 Å². The highest BCUT2D eigenvalue weighted by Gasteiger charge is 2.43. The summed E-state index contributed by atoms with van der Waals surface area (Å²) in [7, 11) is -1.09. The summed E-state index contributed by atoms with van der Waals surface area (Å²) in [5.41, 5.74) is 2.75. The Hall–Kier alpha value is -1.57. The van der Waals surface area contributed by atoms with Gasteiger partial charge in [-0.2, -0.15) is 0 Å². The van der Waals surface area contributed by atoms with Gasteiger partial charge in [-0.15, -0.1) is 0 Å². The number of fused-ring (bicyclic) bond motifs is 3. The first-order chi connectivity index (χ1) is 13.9. The summed E-state index contributed by atoms with van der Waals surface area (Å²) >= 11 is 0. The van der Waals surface area contributed by atoms with E-state index in [1.807, 2.05) is 24.5 Å². The van der Waals surface area contributed by atoms with Crippen molar-refractivity contribution in [3.8, 4) is 0 Å². The van der Waals surface area contributed by atoms with E-state index in [-0.39, 0.29) is 17.0 Å². The Labute approximate surface area is 174 Å². The van der Waals surface area contributed by atoms with Crippen molar-refractivity contribution in [1.82, 2.24) is 14.3 Å². The second-order valence-corrected chi connectivity index (χ2v) is 9.86. The fraction of sp³-hybridized carbons (Fsp3) is 0.636. The Balaban J connectivity index is 1.80. The van der Waals surface area contributed by atoms with Gasteiger partial charge in [-0.1, -0.05) is 19.4 Å². The Morgan fingerprint density at radius 1 is 1.31 bits per heavy atom. The van der Waals surface area contributed by atoms with Crippen LogP contribution in [0, 0.1) is 6.92 Å². The number of nitrogens with one attached hydrogen (secondary N) is 1. The van der Waals surface area contributed by atoms with Crippen LogP contribution in [0.25, 0.3) is 10.9 Å². The molecule has 7 heteroatoms. The molecule has 4 rings (SSSR count). The number of ether oxygens (including phenoxy) is 1. The standard InChI is InChI=1S/C22H31N3O3S/c1-4-5-12-29(27)24-16(3)17-13-15(2)14-18-19(17)23-21-22(7-10-28-11-8-22)6-9-25(21)20(18)26/h13-14,16,24H,4-12H2,1-3H3/t16-,29?/m1/s1. The predicted octanol–water partition coefficient (Wildman–Crippen LogP) is 3.27. The molecule has 2 aliphatic heterocycles. The number of aryl methyl sites for hydroxylation is 1. The average Bonchev–Trinajstić information content (AvgIpc) is 3.05. The first-order valence-electron chi connectivity index (χ1n) is 10.7. The van der Waals surface area contributed by atoms with Crippen molar-refractivity contribution >= 4 is 21.9 Å². The number of nitrogens with zero attached hydrogens (tertiary/aromatic N) is 2. The monoisotopic (exact) mass is 417 g/mol. The van der Waals surface area contributed by atoms with Crippen molar-refractivity contribution in [1.29, 1.82) is 0 Å². The van der Waals surface area contributed by atoms with Gasteiger partial charge < -0.3 is 4.74 Å². The lowest BCUT2D eigenvalue weighted by Gasteiger charge is -2.32. The van der Waals surface area contributed by atoms with Gasteiger partial charge in [0, 0.05) is 37.0 Å². The number of aromatic nitrogens is 2. The van der Waals surface area contributed by atoms with Crippen molar-refractivity contribution in [3.63, 3.8) is 0 Å². The van der Waals surface area contributed by atoms with E-state index >= 15 is 0 Å². The molecule has 6 nitrogen and oxygen atoms in total. The molecule has 3 heterocycles. The van der Waals surface area contributed by atoms with Crippen LogP contribution in [0.3, 0.4) is 0 Å². The topological polar surface area (TPSA) is 73.2 Å². The van der Waals surface area contributed by atoms with E-state index in [1.54, 1.807) is 0 Å². The number of benzene rings is 1. The van der Waals surface area contributed by atoms with E-state index in [9.17, 15) is 9.00 Å². The maximum absolute atomic E-state index is 13.3. The molecule has 0 bridgehead atoms. The lowest BCUT2D eigenvalue weighted by molar-refractivity contribution is 0.0492. The largest absolute Gasteiger partial charge is 0.381 e. The van der Waals surface area contributed by atoms with Gasteiger partial charge in [0.1, 0.15) is 5.82 Å². The van der Waals surface area contributed by atoms with E-state index in [1.165, 1.54) is 0 Å². The van der Waals surface area contributed by atoms with Crippen LogP contribution in [0.1, 0.15) is 68.9 Å². The molecule has 1 spiro atoms. The van der Waals surface area contributed by atoms with E-state index in [0.717, 1.165) is 74.3 Å². The SMILES string of the molecule is CCCCS(=O)N[C@H](C)c1cc(C)cc2c(=O)n3c(nc12)C1(CCOCC1)CC3. The first kappa shape index (κ1) is 20.7. The summed E-state index contributed by atoms with van der Waals surface area (Å²) in [5.74, 6) is 1.56. The molecule has 1 N–H and O–H groups in total. The highest BCUT2D eigenvalue weighted by molar-refractivity contribution is 7.83. The van der Waals surface area contributed by atoms with Crippen molar-refractivity contribution in [2.45, 2.75) is 70.9 Å². The summed E-state index contributed by atoms with van der Waals surface area (Å²) in [6.07, 6.45) is 4.74. The van der Waals surface area contributed by atoms with E-state index in [2.05, 4.69) is 17.7 Å². The van der Waals surface area contributed by atoms with Crippen LogP contribution in [0.4, 0.5) is 0 Å². The van der Waals surface area contributed by atoms with Crippen LogP contribution in [0.15, 0.2) is 16.9 Å². The molecule has 2 atom stereocenters. The van der Waals surface area contributed by atoms with Crippen LogP contribution < -0.4 is 10.3 Å². The minimum absolute atomic E-state index is 0.0473. The third-order valence-corrected chi connectivity index (χ3v) is 7.70. The van der Waals surface area contributed by atoms with Crippen molar-refractivity contribution in [2.75, 3.05) is 19.0 Å². The summed E-state index contributed by atoms with van der Waals surface area (Å²) in [4.78, 5) is 18.4. The summed E-state index contributed by atoms with van der Waals surface area (Å²) < 4.78 is 23.1. The van der Waals surface area contributed by atoms with Gasteiger partial charge in [-0.25, -0.2) is 13.9 Å². The summed E-state index contributed by atoms with van der Waals surface area (Å²) in [6, 6.07) is 3.88. The lowest BCUT2D eigenvalue weighted by Crippen LogP contribution is -2.34. The molecule has 158 valence electrons. The summed E-state index contributed by atoms with van der Waals surface area (Å²) in [6.45, 7) is 8.29.